The van der Waals surface area contributed by atoms with Crippen molar-refractivity contribution < 1.29 is 4.74 Å². The number of fused-ring (bicyclic) bond motifs is 1. The summed E-state index contributed by atoms with van der Waals surface area (Å²) in [5.41, 5.74) is 2.39. The van der Waals surface area contributed by atoms with Crippen LogP contribution < -0.4 is 0 Å². The van der Waals surface area contributed by atoms with Crippen molar-refractivity contribution in [2.75, 3.05) is 12.5 Å². The van der Waals surface area contributed by atoms with E-state index >= 15 is 0 Å². The molecular weight excluding hydrogens is 272 g/mol. The van der Waals surface area contributed by atoms with E-state index in [0.29, 0.717) is 5.88 Å². The van der Waals surface area contributed by atoms with E-state index in [1.54, 1.807) is 0 Å². The van der Waals surface area contributed by atoms with Crippen molar-refractivity contribution >= 4 is 22.5 Å². The first-order chi connectivity index (χ1) is 9.70. The minimum atomic E-state index is 0.0251. The Kier molecular flexibility index (Phi) is 3.74. The Morgan fingerprint density at radius 1 is 1.45 bits per heavy atom. The van der Waals surface area contributed by atoms with Crippen molar-refractivity contribution in [1.82, 2.24) is 9.78 Å². The minimum absolute atomic E-state index is 0.0251. The van der Waals surface area contributed by atoms with Gasteiger partial charge in [-0.15, -0.1) is 11.6 Å². The molecule has 1 saturated heterocycles. The van der Waals surface area contributed by atoms with E-state index in [0.717, 1.165) is 31.7 Å². The van der Waals surface area contributed by atoms with Gasteiger partial charge in [0.25, 0.3) is 0 Å². The summed E-state index contributed by atoms with van der Waals surface area (Å²) in [4.78, 5) is 0. The van der Waals surface area contributed by atoms with Crippen LogP contribution in [-0.4, -0.2) is 28.4 Å². The molecule has 1 aromatic carbocycles. The topological polar surface area (TPSA) is 27.1 Å². The van der Waals surface area contributed by atoms with Crippen LogP contribution in [0.3, 0.4) is 0 Å². The van der Waals surface area contributed by atoms with Gasteiger partial charge in [0, 0.05) is 36.3 Å². The molecule has 1 aliphatic rings. The van der Waals surface area contributed by atoms with E-state index in [9.17, 15) is 0 Å². The SMILES string of the molecule is CCn1nc(CC2(CCl)CCOC2C)c2ccccc21. The first kappa shape index (κ1) is 13.9. The van der Waals surface area contributed by atoms with Crippen LogP contribution in [0, 0.1) is 5.41 Å². The first-order valence-electron chi connectivity index (χ1n) is 7.32. The molecule has 0 radical (unpaired) electrons. The lowest BCUT2D eigenvalue weighted by Crippen LogP contribution is -2.33. The van der Waals surface area contributed by atoms with Crippen LogP contribution >= 0.6 is 11.6 Å². The zero-order valence-electron chi connectivity index (χ0n) is 12.1. The zero-order chi connectivity index (χ0) is 14.2. The van der Waals surface area contributed by atoms with Gasteiger partial charge in [0.15, 0.2) is 0 Å². The van der Waals surface area contributed by atoms with Crippen LogP contribution in [0.15, 0.2) is 24.3 Å². The number of hydrogen-bond donors (Lipinski definition) is 0. The molecule has 3 nitrogen and oxygen atoms in total. The Morgan fingerprint density at radius 2 is 2.25 bits per heavy atom. The molecule has 0 amide bonds. The van der Waals surface area contributed by atoms with Crippen molar-refractivity contribution in [2.45, 2.75) is 39.3 Å². The Labute approximate surface area is 124 Å². The average molecular weight is 293 g/mol. The van der Waals surface area contributed by atoms with Gasteiger partial charge in [-0.05, 0) is 26.3 Å². The highest BCUT2D eigenvalue weighted by atomic mass is 35.5. The Hall–Kier alpha value is -1.06. The number of benzene rings is 1. The van der Waals surface area contributed by atoms with Gasteiger partial charge in [-0.2, -0.15) is 5.10 Å². The number of aromatic nitrogens is 2. The molecule has 0 bridgehead atoms. The number of para-hydroxylation sites is 1. The standard InChI is InChI=1S/C16H21ClN2O/c1-3-19-15-7-5-4-6-13(15)14(18-19)10-16(11-17)8-9-20-12(16)2/h4-7,12H,3,8-11H2,1-2H3. The third kappa shape index (κ3) is 2.13. The van der Waals surface area contributed by atoms with Gasteiger partial charge in [-0.3, -0.25) is 4.68 Å². The summed E-state index contributed by atoms with van der Waals surface area (Å²) in [6, 6.07) is 8.44. The summed E-state index contributed by atoms with van der Waals surface area (Å²) < 4.78 is 7.83. The highest BCUT2D eigenvalue weighted by Gasteiger charge is 2.41. The fourth-order valence-corrected chi connectivity index (χ4v) is 3.62. The number of ether oxygens (including phenoxy) is 1. The van der Waals surface area contributed by atoms with Gasteiger partial charge < -0.3 is 4.74 Å². The molecule has 0 N–H and O–H groups in total. The molecule has 1 aliphatic heterocycles. The second-order valence-electron chi connectivity index (χ2n) is 5.72. The van der Waals surface area contributed by atoms with Crippen molar-refractivity contribution in [3.05, 3.63) is 30.0 Å². The van der Waals surface area contributed by atoms with Crippen LogP contribution in [0.1, 0.15) is 26.0 Å². The molecule has 1 aromatic heterocycles. The summed E-state index contributed by atoms with van der Waals surface area (Å²) in [6.07, 6.45) is 2.11. The number of halogens is 1. The summed E-state index contributed by atoms with van der Waals surface area (Å²) in [6.45, 7) is 5.96. The van der Waals surface area contributed by atoms with E-state index in [-0.39, 0.29) is 11.5 Å². The van der Waals surface area contributed by atoms with Crippen molar-refractivity contribution in [3.63, 3.8) is 0 Å². The summed E-state index contributed by atoms with van der Waals surface area (Å²) in [7, 11) is 0. The third-order valence-corrected chi connectivity index (χ3v) is 5.18. The Morgan fingerprint density at radius 3 is 2.90 bits per heavy atom. The molecule has 0 aliphatic carbocycles. The smallest absolute Gasteiger partial charge is 0.0710 e. The molecule has 108 valence electrons. The highest BCUT2D eigenvalue weighted by molar-refractivity contribution is 6.18. The molecule has 2 unspecified atom stereocenters. The largest absolute Gasteiger partial charge is 0.378 e. The molecule has 20 heavy (non-hydrogen) atoms. The van der Waals surface area contributed by atoms with Crippen LogP contribution in [-0.2, 0) is 17.7 Å². The van der Waals surface area contributed by atoms with Gasteiger partial charge in [0.2, 0.25) is 0 Å². The van der Waals surface area contributed by atoms with E-state index in [2.05, 4.69) is 42.8 Å². The Balaban J connectivity index is 2.02. The fourth-order valence-electron chi connectivity index (χ4n) is 3.18. The summed E-state index contributed by atoms with van der Waals surface area (Å²) in [5, 5.41) is 6.05. The maximum Gasteiger partial charge on any atom is 0.0710 e. The predicted octanol–water partition coefficient (Wildman–Crippen LogP) is 3.63. The number of rotatable bonds is 4. The van der Waals surface area contributed by atoms with Gasteiger partial charge >= 0.3 is 0 Å². The van der Waals surface area contributed by atoms with E-state index in [4.69, 9.17) is 21.4 Å². The maximum atomic E-state index is 6.29. The third-order valence-electron chi connectivity index (χ3n) is 4.65. The van der Waals surface area contributed by atoms with Crippen LogP contribution in [0.2, 0.25) is 0 Å². The molecule has 0 saturated carbocycles. The molecule has 1 fully saturated rings. The highest BCUT2D eigenvalue weighted by Crippen LogP contribution is 2.40. The van der Waals surface area contributed by atoms with E-state index in [1.165, 1.54) is 10.9 Å². The van der Waals surface area contributed by atoms with Crippen LogP contribution in [0.5, 0.6) is 0 Å². The van der Waals surface area contributed by atoms with Crippen LogP contribution in [0.25, 0.3) is 10.9 Å². The monoisotopic (exact) mass is 292 g/mol. The van der Waals surface area contributed by atoms with Gasteiger partial charge in [-0.25, -0.2) is 0 Å². The number of aryl methyl sites for hydroxylation is 1. The van der Waals surface area contributed by atoms with Gasteiger partial charge in [-0.1, -0.05) is 18.2 Å². The number of hydrogen-bond acceptors (Lipinski definition) is 2. The average Bonchev–Trinajstić information content (AvgIpc) is 3.02. The van der Waals surface area contributed by atoms with E-state index in [1.807, 2.05) is 0 Å². The minimum Gasteiger partial charge on any atom is -0.378 e. The lowest BCUT2D eigenvalue weighted by Gasteiger charge is -2.29. The lowest BCUT2D eigenvalue weighted by atomic mass is 9.79. The lowest BCUT2D eigenvalue weighted by molar-refractivity contribution is 0.0732. The zero-order valence-corrected chi connectivity index (χ0v) is 12.9. The molecule has 0 spiro atoms. The van der Waals surface area contributed by atoms with Gasteiger partial charge in [0.1, 0.15) is 0 Å². The first-order valence-corrected chi connectivity index (χ1v) is 7.85. The second kappa shape index (κ2) is 5.38. The number of alkyl halides is 1. The maximum absolute atomic E-state index is 6.29. The molecule has 2 atom stereocenters. The molecule has 2 heterocycles. The molecule has 3 rings (SSSR count). The van der Waals surface area contributed by atoms with E-state index < -0.39 is 0 Å². The molecular formula is C16H21ClN2O. The molecule has 2 aromatic rings. The van der Waals surface area contributed by atoms with Crippen LogP contribution in [0.4, 0.5) is 0 Å². The summed E-state index contributed by atoms with van der Waals surface area (Å²) in [5.74, 6) is 0.626. The fraction of sp³-hybridized carbons (Fsp3) is 0.562. The van der Waals surface area contributed by atoms with Crippen molar-refractivity contribution in [2.24, 2.45) is 5.41 Å². The van der Waals surface area contributed by atoms with Crippen molar-refractivity contribution in [1.29, 1.82) is 0 Å². The predicted molar refractivity (Wildman–Crippen MR) is 82.3 cm³/mol. The Bertz CT molecular complexity index is 610. The quantitative estimate of drug-likeness (QED) is 0.805. The molecule has 4 heteroatoms. The number of nitrogens with zero attached hydrogens (tertiary/aromatic N) is 2. The van der Waals surface area contributed by atoms with Gasteiger partial charge in [0.05, 0.1) is 17.3 Å². The van der Waals surface area contributed by atoms with Crippen molar-refractivity contribution in [3.8, 4) is 0 Å². The normalized spacial score (nSPS) is 26.4. The second-order valence-corrected chi connectivity index (χ2v) is 5.98. The summed E-state index contributed by atoms with van der Waals surface area (Å²) >= 11 is 6.29.